The molecule has 0 amide bonds. The Hall–Kier alpha value is -1.26. The molecule has 4 heteroatoms. The summed E-state index contributed by atoms with van der Waals surface area (Å²) in [5.74, 6) is -0.358. The zero-order valence-corrected chi connectivity index (χ0v) is 8.46. The number of hydrogen-bond donors (Lipinski definition) is 2. The van der Waals surface area contributed by atoms with Crippen LogP contribution in [0.1, 0.15) is 5.56 Å². The van der Waals surface area contributed by atoms with Crippen LogP contribution in [-0.2, 0) is 11.2 Å². The fourth-order valence-corrected chi connectivity index (χ4v) is 1.29. The average Bonchev–Trinajstić information content (AvgIpc) is 2.18. The summed E-state index contributed by atoms with van der Waals surface area (Å²) in [7, 11) is 0. The van der Waals surface area contributed by atoms with Crippen LogP contribution in [-0.4, -0.2) is 16.8 Å². The molecule has 0 fully saturated rings. The first-order valence-electron chi connectivity index (χ1n) is 4.24. The minimum Gasteiger partial charge on any atom is -0.387 e. The third kappa shape index (κ3) is 2.90. The topological polar surface area (TPSA) is 69.1 Å². The smallest absolute Gasteiger partial charge is 0.206 e. The van der Waals surface area contributed by atoms with E-state index in [1.54, 1.807) is 0 Å². The second kappa shape index (κ2) is 4.83. The molecule has 0 saturated carbocycles. The Labute approximate surface area is 88.1 Å². The molecule has 0 spiro atoms. The summed E-state index contributed by atoms with van der Waals surface area (Å²) >= 11 is 4.56. The molecule has 0 heterocycles. The van der Waals surface area contributed by atoms with Gasteiger partial charge in [-0.1, -0.05) is 42.5 Å². The van der Waals surface area contributed by atoms with Gasteiger partial charge in [0.25, 0.3) is 0 Å². The van der Waals surface area contributed by atoms with E-state index >= 15 is 0 Å². The van der Waals surface area contributed by atoms with Gasteiger partial charge in [-0.25, -0.2) is 0 Å². The first kappa shape index (κ1) is 10.8. The lowest BCUT2D eigenvalue weighted by atomic mass is 10.0. The molecule has 4 N–H and O–H groups in total. The van der Waals surface area contributed by atoms with Gasteiger partial charge in [-0.15, -0.1) is 0 Å². The lowest BCUT2D eigenvalue weighted by molar-refractivity contribution is -0.114. The average molecular weight is 208 g/mol. The Morgan fingerprint density at radius 3 is 2.43 bits per heavy atom. The maximum absolute atomic E-state index is 11.3. The van der Waals surface area contributed by atoms with Gasteiger partial charge < -0.3 is 11.5 Å². The normalized spacial score (nSPS) is 12.1. The highest BCUT2D eigenvalue weighted by Gasteiger charge is 2.15. The molecule has 1 aromatic carbocycles. The highest BCUT2D eigenvalue weighted by atomic mass is 32.1. The lowest BCUT2D eigenvalue weighted by Crippen LogP contribution is -2.40. The number of rotatable bonds is 4. The largest absolute Gasteiger partial charge is 0.387 e. The fourth-order valence-electron chi connectivity index (χ4n) is 1.14. The van der Waals surface area contributed by atoms with E-state index in [-0.39, 0.29) is 10.8 Å². The highest BCUT2D eigenvalue weighted by molar-refractivity contribution is 7.82. The van der Waals surface area contributed by atoms with E-state index in [0.29, 0.717) is 6.42 Å². The van der Waals surface area contributed by atoms with Crippen LogP contribution >= 0.6 is 12.2 Å². The third-order valence-corrected chi connectivity index (χ3v) is 2.08. The monoisotopic (exact) mass is 208 g/mol. The van der Waals surface area contributed by atoms with E-state index in [1.165, 1.54) is 0 Å². The molecule has 0 radical (unpaired) electrons. The Kier molecular flexibility index (Phi) is 3.73. The van der Waals surface area contributed by atoms with Crippen molar-refractivity contribution in [3.8, 4) is 0 Å². The maximum atomic E-state index is 11.3. The van der Waals surface area contributed by atoms with Gasteiger partial charge in [-0.2, -0.15) is 0 Å². The number of carbonyl (C=O) groups excluding carboxylic acids is 1. The standard InChI is InChI=1S/C10H12N2OS/c11-8(9(13)10(12)14)6-7-4-2-1-3-5-7/h1-5,8H,6,11H2,(H2,12,14)/t8-/m0/s1. The van der Waals surface area contributed by atoms with Crippen molar-refractivity contribution in [3.05, 3.63) is 35.9 Å². The first-order chi connectivity index (χ1) is 6.61. The fraction of sp³-hybridized carbons (Fsp3) is 0.200. The predicted molar refractivity (Wildman–Crippen MR) is 59.9 cm³/mol. The molecule has 3 nitrogen and oxygen atoms in total. The number of ketones is 1. The Bertz CT molecular complexity index is 337. The molecule has 0 aliphatic heterocycles. The SMILES string of the molecule is NC(=S)C(=O)[C@@H](N)Cc1ccccc1. The van der Waals surface area contributed by atoms with Crippen LogP contribution in [0.4, 0.5) is 0 Å². The molecule has 0 saturated heterocycles. The Morgan fingerprint density at radius 2 is 1.93 bits per heavy atom. The zero-order chi connectivity index (χ0) is 10.6. The van der Waals surface area contributed by atoms with E-state index in [0.717, 1.165) is 5.56 Å². The zero-order valence-electron chi connectivity index (χ0n) is 7.64. The predicted octanol–water partition coefficient (Wildman–Crippen LogP) is 0.412. The summed E-state index contributed by atoms with van der Waals surface area (Å²) in [6, 6.07) is 8.89. The van der Waals surface area contributed by atoms with Gasteiger partial charge in [-0.3, -0.25) is 4.79 Å². The molecule has 0 aromatic heterocycles. The molecule has 74 valence electrons. The number of benzene rings is 1. The van der Waals surface area contributed by atoms with Crippen molar-refractivity contribution in [2.45, 2.75) is 12.5 Å². The molecule has 1 atom stereocenters. The van der Waals surface area contributed by atoms with Crippen LogP contribution in [0.2, 0.25) is 0 Å². The number of nitrogens with two attached hydrogens (primary N) is 2. The first-order valence-corrected chi connectivity index (χ1v) is 4.65. The van der Waals surface area contributed by atoms with Gasteiger partial charge in [0.2, 0.25) is 5.78 Å². The molecule has 0 unspecified atom stereocenters. The van der Waals surface area contributed by atoms with Crippen molar-refractivity contribution >= 4 is 23.0 Å². The van der Waals surface area contributed by atoms with Crippen molar-refractivity contribution in [3.63, 3.8) is 0 Å². The summed E-state index contributed by atoms with van der Waals surface area (Å²) in [6.07, 6.45) is 0.469. The quantitative estimate of drug-likeness (QED) is 0.703. The van der Waals surface area contributed by atoms with E-state index in [1.807, 2.05) is 30.3 Å². The van der Waals surface area contributed by atoms with Gasteiger partial charge in [0, 0.05) is 0 Å². The molecular weight excluding hydrogens is 196 g/mol. The van der Waals surface area contributed by atoms with E-state index in [4.69, 9.17) is 11.5 Å². The van der Waals surface area contributed by atoms with Crippen molar-refractivity contribution in [2.24, 2.45) is 11.5 Å². The summed E-state index contributed by atoms with van der Waals surface area (Å²) < 4.78 is 0. The van der Waals surface area contributed by atoms with Crippen LogP contribution in [0.3, 0.4) is 0 Å². The molecule has 0 aliphatic carbocycles. The number of Topliss-reactive ketones (excluding diaryl/α,β-unsaturated/α-hetero) is 1. The minimum absolute atomic E-state index is 0.145. The van der Waals surface area contributed by atoms with Gasteiger partial charge in [0.1, 0.15) is 4.99 Å². The summed E-state index contributed by atoms with van der Waals surface area (Å²) in [5, 5.41) is 0. The maximum Gasteiger partial charge on any atom is 0.206 e. The Morgan fingerprint density at radius 1 is 1.36 bits per heavy atom. The molecule has 1 rings (SSSR count). The van der Waals surface area contributed by atoms with Crippen molar-refractivity contribution in [1.29, 1.82) is 0 Å². The number of thiocarbonyl (C=S) groups is 1. The van der Waals surface area contributed by atoms with Crippen LogP contribution in [0.25, 0.3) is 0 Å². The van der Waals surface area contributed by atoms with Crippen LogP contribution in [0.5, 0.6) is 0 Å². The molecule has 1 aromatic rings. The molecule has 0 aliphatic rings. The Balaban J connectivity index is 2.62. The highest BCUT2D eigenvalue weighted by Crippen LogP contribution is 2.02. The summed E-state index contributed by atoms with van der Waals surface area (Å²) in [6.45, 7) is 0. The second-order valence-electron chi connectivity index (χ2n) is 3.02. The summed E-state index contributed by atoms with van der Waals surface area (Å²) in [4.78, 5) is 11.1. The molecular formula is C10H12N2OS. The van der Waals surface area contributed by atoms with Crippen molar-refractivity contribution in [2.75, 3.05) is 0 Å². The van der Waals surface area contributed by atoms with Crippen LogP contribution in [0, 0.1) is 0 Å². The van der Waals surface area contributed by atoms with Crippen molar-refractivity contribution < 1.29 is 4.79 Å². The lowest BCUT2D eigenvalue weighted by Gasteiger charge is -2.08. The molecule has 0 bridgehead atoms. The van der Waals surface area contributed by atoms with E-state index < -0.39 is 6.04 Å². The number of carbonyl (C=O) groups is 1. The minimum atomic E-state index is -0.630. The van der Waals surface area contributed by atoms with Crippen molar-refractivity contribution in [1.82, 2.24) is 0 Å². The third-order valence-electron chi connectivity index (χ3n) is 1.88. The number of hydrogen-bond acceptors (Lipinski definition) is 3. The second-order valence-corrected chi connectivity index (χ2v) is 3.46. The van der Waals surface area contributed by atoms with Crippen LogP contribution in [0.15, 0.2) is 30.3 Å². The van der Waals surface area contributed by atoms with E-state index in [9.17, 15) is 4.79 Å². The molecule has 14 heavy (non-hydrogen) atoms. The van der Waals surface area contributed by atoms with E-state index in [2.05, 4.69) is 12.2 Å². The van der Waals surface area contributed by atoms with Gasteiger partial charge in [-0.05, 0) is 12.0 Å². The van der Waals surface area contributed by atoms with Crippen LogP contribution < -0.4 is 11.5 Å². The van der Waals surface area contributed by atoms with Gasteiger partial charge in [0.05, 0.1) is 6.04 Å². The van der Waals surface area contributed by atoms with Gasteiger partial charge >= 0.3 is 0 Å². The summed E-state index contributed by atoms with van der Waals surface area (Å²) in [5.41, 5.74) is 11.8. The van der Waals surface area contributed by atoms with Gasteiger partial charge in [0.15, 0.2) is 0 Å².